The van der Waals surface area contributed by atoms with Crippen LogP contribution in [0.4, 0.5) is 5.95 Å². The van der Waals surface area contributed by atoms with Crippen LogP contribution in [0.3, 0.4) is 0 Å². The van der Waals surface area contributed by atoms with Crippen LogP contribution in [0.25, 0.3) is 0 Å². The Morgan fingerprint density at radius 2 is 2.09 bits per heavy atom. The maximum Gasteiger partial charge on any atom is 0.223 e. The van der Waals surface area contributed by atoms with E-state index in [-0.39, 0.29) is 5.95 Å². The van der Waals surface area contributed by atoms with Crippen molar-refractivity contribution in [2.45, 2.75) is 12.6 Å². The van der Waals surface area contributed by atoms with E-state index in [2.05, 4.69) is 15.0 Å². The second-order valence-electron chi connectivity index (χ2n) is 2.13. The second kappa shape index (κ2) is 3.22. The highest BCUT2D eigenvalue weighted by Crippen LogP contribution is 1.92. The minimum Gasteiger partial charge on any atom is -0.368 e. The molecule has 11 heavy (non-hydrogen) atoms. The number of hydrogen-bond donors (Lipinski definition) is 3. The Kier molecular flexibility index (Phi) is 2.29. The van der Waals surface area contributed by atoms with Crippen molar-refractivity contribution in [3.8, 4) is 0 Å². The van der Waals surface area contributed by atoms with E-state index in [1.54, 1.807) is 0 Å². The first-order valence-corrected chi connectivity index (χ1v) is 3.13. The number of nitrogens with zero attached hydrogens (tertiary/aromatic N) is 3. The highest BCUT2D eigenvalue weighted by Gasteiger charge is 2.00. The monoisotopic (exact) mass is 154 g/mol. The largest absolute Gasteiger partial charge is 0.368 e. The van der Waals surface area contributed by atoms with Gasteiger partial charge >= 0.3 is 0 Å². The Hall–Kier alpha value is -1.27. The highest BCUT2D eigenvalue weighted by molar-refractivity contribution is 5.12. The van der Waals surface area contributed by atoms with E-state index in [0.717, 1.165) is 0 Å². The van der Waals surface area contributed by atoms with Crippen LogP contribution in [0.5, 0.6) is 0 Å². The Bertz CT molecular complexity index is 234. The van der Waals surface area contributed by atoms with Crippen molar-refractivity contribution in [1.82, 2.24) is 15.0 Å². The molecule has 0 saturated carbocycles. The molecule has 6 nitrogen and oxygen atoms in total. The normalized spacial score (nSPS) is 10.5. The molecule has 6 N–H and O–H groups in total. The molecule has 0 aromatic carbocycles. The zero-order valence-corrected chi connectivity index (χ0v) is 5.94. The Morgan fingerprint density at radius 1 is 1.36 bits per heavy atom. The lowest BCUT2D eigenvalue weighted by Crippen LogP contribution is -2.33. The van der Waals surface area contributed by atoms with Gasteiger partial charge in [-0.25, -0.2) is 9.97 Å². The summed E-state index contributed by atoms with van der Waals surface area (Å²) in [5.41, 5.74) is 15.9. The van der Waals surface area contributed by atoms with Crippen molar-refractivity contribution in [2.75, 3.05) is 5.73 Å². The van der Waals surface area contributed by atoms with Crippen molar-refractivity contribution in [1.29, 1.82) is 0 Å². The fraction of sp³-hybridized carbons (Fsp3) is 0.400. The van der Waals surface area contributed by atoms with Crippen LogP contribution in [0, 0.1) is 0 Å². The summed E-state index contributed by atoms with van der Waals surface area (Å²) in [4.78, 5) is 11.2. The first-order chi connectivity index (χ1) is 5.18. The average molecular weight is 154 g/mol. The van der Waals surface area contributed by atoms with Crippen molar-refractivity contribution < 1.29 is 0 Å². The molecule has 6 heteroatoms. The van der Waals surface area contributed by atoms with Gasteiger partial charge in [0, 0.05) is 6.42 Å². The third-order valence-corrected chi connectivity index (χ3v) is 1.06. The summed E-state index contributed by atoms with van der Waals surface area (Å²) < 4.78 is 0. The van der Waals surface area contributed by atoms with E-state index in [0.29, 0.717) is 12.2 Å². The van der Waals surface area contributed by atoms with Crippen LogP contribution in [-0.2, 0) is 6.42 Å². The van der Waals surface area contributed by atoms with Crippen LogP contribution in [-0.4, -0.2) is 21.1 Å². The van der Waals surface area contributed by atoms with E-state index in [9.17, 15) is 0 Å². The van der Waals surface area contributed by atoms with Gasteiger partial charge in [0.1, 0.15) is 12.2 Å². The molecule has 60 valence electrons. The summed E-state index contributed by atoms with van der Waals surface area (Å²) in [5.74, 6) is 0.711. The molecule has 0 aliphatic carbocycles. The van der Waals surface area contributed by atoms with Gasteiger partial charge in [-0.3, -0.25) is 0 Å². The van der Waals surface area contributed by atoms with Gasteiger partial charge < -0.3 is 17.2 Å². The molecule has 0 aliphatic rings. The maximum atomic E-state index is 5.31. The lowest BCUT2D eigenvalue weighted by Gasteiger charge is -2.02. The predicted octanol–water partition coefficient (Wildman–Crippen LogP) is -1.76. The van der Waals surface area contributed by atoms with E-state index in [4.69, 9.17) is 17.2 Å². The summed E-state index contributed by atoms with van der Waals surface area (Å²) >= 11 is 0. The lowest BCUT2D eigenvalue weighted by molar-refractivity contribution is 0.670. The molecule has 0 amide bonds. The average Bonchev–Trinajstić information content (AvgIpc) is 1.85. The van der Waals surface area contributed by atoms with Gasteiger partial charge in [-0.2, -0.15) is 4.98 Å². The molecular weight excluding hydrogens is 144 g/mol. The molecule has 1 heterocycles. The number of nitrogen functional groups attached to an aromatic ring is 1. The van der Waals surface area contributed by atoms with E-state index in [1.807, 2.05) is 0 Å². The fourth-order valence-electron chi connectivity index (χ4n) is 0.654. The zero-order chi connectivity index (χ0) is 8.27. The highest BCUT2D eigenvalue weighted by atomic mass is 15.1. The first kappa shape index (κ1) is 7.83. The SMILES string of the molecule is Nc1ncnc(CC(N)N)n1. The van der Waals surface area contributed by atoms with Crippen LogP contribution >= 0.6 is 0 Å². The topological polar surface area (TPSA) is 117 Å². The molecule has 0 unspecified atom stereocenters. The molecule has 0 aliphatic heterocycles. The van der Waals surface area contributed by atoms with Crippen molar-refractivity contribution in [3.05, 3.63) is 12.2 Å². The van der Waals surface area contributed by atoms with Gasteiger partial charge in [0.05, 0.1) is 6.17 Å². The third kappa shape index (κ3) is 2.44. The van der Waals surface area contributed by atoms with E-state index >= 15 is 0 Å². The first-order valence-electron chi connectivity index (χ1n) is 3.13. The molecule has 0 radical (unpaired) electrons. The lowest BCUT2D eigenvalue weighted by atomic mass is 10.3. The smallest absolute Gasteiger partial charge is 0.223 e. The Labute approximate surface area is 63.8 Å². The molecule has 0 fully saturated rings. The van der Waals surface area contributed by atoms with Crippen LogP contribution in [0.2, 0.25) is 0 Å². The number of nitrogens with two attached hydrogens (primary N) is 3. The third-order valence-electron chi connectivity index (χ3n) is 1.06. The van der Waals surface area contributed by atoms with Crippen molar-refractivity contribution in [2.24, 2.45) is 11.5 Å². The second-order valence-corrected chi connectivity index (χ2v) is 2.13. The molecule has 0 saturated heterocycles. The van der Waals surface area contributed by atoms with Crippen molar-refractivity contribution >= 4 is 5.95 Å². The van der Waals surface area contributed by atoms with Gasteiger partial charge in [-0.1, -0.05) is 0 Å². The minimum absolute atomic E-state index is 0.190. The van der Waals surface area contributed by atoms with Crippen LogP contribution in [0.1, 0.15) is 5.82 Å². The molecule has 0 atom stereocenters. The molecule has 0 bridgehead atoms. The van der Waals surface area contributed by atoms with Gasteiger partial charge in [-0.15, -0.1) is 0 Å². The van der Waals surface area contributed by atoms with Gasteiger partial charge in [0.2, 0.25) is 5.95 Å². The summed E-state index contributed by atoms with van der Waals surface area (Å²) in [5, 5.41) is 0. The number of rotatable bonds is 2. The zero-order valence-electron chi connectivity index (χ0n) is 5.94. The summed E-state index contributed by atoms with van der Waals surface area (Å²) in [6.45, 7) is 0. The fourth-order valence-corrected chi connectivity index (χ4v) is 0.654. The van der Waals surface area contributed by atoms with Gasteiger partial charge in [-0.05, 0) is 0 Å². The van der Waals surface area contributed by atoms with Crippen molar-refractivity contribution in [3.63, 3.8) is 0 Å². The van der Waals surface area contributed by atoms with Crippen LogP contribution < -0.4 is 17.2 Å². The number of anilines is 1. The Balaban J connectivity index is 2.71. The summed E-state index contributed by atoms with van der Waals surface area (Å²) in [6.07, 6.45) is 1.30. The predicted molar refractivity (Wildman–Crippen MR) is 40.1 cm³/mol. The molecule has 1 aromatic rings. The molecular formula is C5H10N6. The summed E-state index contributed by atoms with van der Waals surface area (Å²) in [6, 6.07) is 0. The number of hydrogen-bond acceptors (Lipinski definition) is 6. The van der Waals surface area contributed by atoms with Crippen LogP contribution in [0.15, 0.2) is 6.33 Å². The summed E-state index contributed by atoms with van der Waals surface area (Å²) in [7, 11) is 0. The standard InChI is InChI=1S/C5H10N6/c6-3(7)1-4-9-2-10-5(8)11-4/h2-3H,1,6-7H2,(H2,8,9,10,11). The molecule has 1 rings (SSSR count). The van der Waals surface area contributed by atoms with Gasteiger partial charge in [0.15, 0.2) is 0 Å². The molecule has 0 spiro atoms. The molecule has 1 aromatic heterocycles. The van der Waals surface area contributed by atoms with E-state index in [1.165, 1.54) is 6.33 Å². The Morgan fingerprint density at radius 3 is 2.64 bits per heavy atom. The minimum atomic E-state index is -0.447. The van der Waals surface area contributed by atoms with Gasteiger partial charge in [0.25, 0.3) is 0 Å². The van der Waals surface area contributed by atoms with E-state index < -0.39 is 6.17 Å². The number of aromatic nitrogens is 3. The maximum absolute atomic E-state index is 5.31. The quantitative estimate of drug-likeness (QED) is 0.434.